The van der Waals surface area contributed by atoms with Crippen molar-refractivity contribution < 1.29 is 32.9 Å². The number of aliphatic hydroxyl groups excluding tert-OH is 1. The lowest BCUT2D eigenvalue weighted by atomic mass is 10.0. The van der Waals surface area contributed by atoms with E-state index in [0.29, 0.717) is 17.4 Å². The lowest BCUT2D eigenvalue weighted by Gasteiger charge is -2.29. The number of nitrogens with zero attached hydrogens (tertiary/aromatic N) is 1. The van der Waals surface area contributed by atoms with Crippen molar-refractivity contribution in [2.75, 3.05) is 40.9 Å². The fourth-order valence-electron chi connectivity index (χ4n) is 5.89. The van der Waals surface area contributed by atoms with Gasteiger partial charge in [0.1, 0.15) is 13.2 Å². The average Bonchev–Trinajstić information content (AvgIpc) is 3.09. The van der Waals surface area contributed by atoms with E-state index < -0.39 is 20.0 Å². The molecule has 9 heteroatoms. The fraction of sp³-hybridized carbons (Fsp3) is 0.837. The highest BCUT2D eigenvalue weighted by Gasteiger charge is 2.23. The number of amides is 1. The number of phosphoric ester groups is 1. The summed E-state index contributed by atoms with van der Waals surface area (Å²) in [4.78, 5) is 25.2. The minimum Gasteiger partial charge on any atom is -0.756 e. The second kappa shape index (κ2) is 35.4. The van der Waals surface area contributed by atoms with E-state index in [9.17, 15) is 19.4 Å². The first kappa shape index (κ1) is 50.7. The van der Waals surface area contributed by atoms with E-state index in [1.54, 1.807) is 6.08 Å². The molecule has 8 nitrogen and oxygen atoms in total. The maximum Gasteiger partial charge on any atom is 0.268 e. The first-order valence-corrected chi connectivity index (χ1v) is 22.8. The molecule has 0 fully saturated rings. The quantitative estimate of drug-likeness (QED) is 0.0281. The molecule has 3 atom stereocenters. The van der Waals surface area contributed by atoms with Crippen LogP contribution in [0.4, 0.5) is 0 Å². The number of phosphoric acid groups is 1. The van der Waals surface area contributed by atoms with Crippen LogP contribution in [0, 0.1) is 0 Å². The molecule has 0 bridgehead atoms. The second-order valence-electron chi connectivity index (χ2n) is 15.7. The van der Waals surface area contributed by atoms with E-state index >= 15 is 0 Å². The molecule has 0 spiro atoms. The highest BCUT2D eigenvalue weighted by Crippen LogP contribution is 2.38. The standard InChI is InChI=1S/C43H83N2O6P/c1-6-8-10-12-14-16-18-20-22-24-26-28-30-32-34-36-42(46)41(40-51-52(48,49)50-39-38-45(3,4)5)44-43(47)37-35-33-31-29-27-25-23-21-19-17-15-13-11-9-7-2/h15,17,21,23,34,36,41-42,46H,6-14,16,18-20,22,24-33,35,37-40H2,1-5H3,(H-,44,47,48,49)/b17-15+,23-21+,36-34+/t41-,42+/m0/s1. The van der Waals surface area contributed by atoms with E-state index in [1.165, 1.54) is 96.3 Å². The number of hydrogen-bond donors (Lipinski definition) is 2. The Balaban J connectivity index is 4.50. The largest absolute Gasteiger partial charge is 0.756 e. The van der Waals surface area contributed by atoms with Crippen LogP contribution < -0.4 is 10.2 Å². The third-order valence-corrected chi connectivity index (χ3v) is 10.3. The van der Waals surface area contributed by atoms with Gasteiger partial charge in [0, 0.05) is 6.42 Å². The van der Waals surface area contributed by atoms with Crippen molar-refractivity contribution in [2.45, 2.75) is 193 Å². The minimum absolute atomic E-state index is 0.00426. The number of rotatable bonds is 38. The molecule has 0 radical (unpaired) electrons. The van der Waals surface area contributed by atoms with Crippen LogP contribution in [0.3, 0.4) is 0 Å². The smallest absolute Gasteiger partial charge is 0.268 e. The van der Waals surface area contributed by atoms with Crippen LogP contribution >= 0.6 is 7.82 Å². The molecule has 0 aliphatic heterocycles. The van der Waals surface area contributed by atoms with Gasteiger partial charge < -0.3 is 28.8 Å². The maximum atomic E-state index is 12.8. The molecular formula is C43H83N2O6P. The Kier molecular flexibility index (Phi) is 34.6. The van der Waals surface area contributed by atoms with Crippen molar-refractivity contribution in [3.8, 4) is 0 Å². The highest BCUT2D eigenvalue weighted by molar-refractivity contribution is 7.45. The first-order chi connectivity index (χ1) is 25.0. The van der Waals surface area contributed by atoms with Crippen LogP contribution in [0.15, 0.2) is 36.5 Å². The molecule has 0 saturated heterocycles. The molecule has 0 aromatic heterocycles. The molecule has 0 rings (SSSR count). The molecular weight excluding hydrogens is 671 g/mol. The normalized spacial score (nSPS) is 14.8. The Morgan fingerprint density at radius 2 is 1.12 bits per heavy atom. The van der Waals surface area contributed by atoms with Crippen LogP contribution in [0.1, 0.15) is 181 Å². The Bertz CT molecular complexity index is 948. The summed E-state index contributed by atoms with van der Waals surface area (Å²) < 4.78 is 23.1. The molecule has 52 heavy (non-hydrogen) atoms. The number of likely N-dealkylation sites (N-methyl/N-ethyl adjacent to an activating group) is 1. The van der Waals surface area contributed by atoms with Gasteiger partial charge in [0.15, 0.2) is 0 Å². The van der Waals surface area contributed by atoms with E-state index in [0.717, 1.165) is 64.2 Å². The third kappa shape index (κ3) is 37.1. The Morgan fingerprint density at radius 1 is 0.673 bits per heavy atom. The topological polar surface area (TPSA) is 108 Å². The Labute approximate surface area is 321 Å². The third-order valence-electron chi connectivity index (χ3n) is 9.34. The van der Waals surface area contributed by atoms with E-state index in [-0.39, 0.29) is 19.1 Å². The summed E-state index contributed by atoms with van der Waals surface area (Å²) in [6, 6.07) is -0.891. The van der Waals surface area contributed by atoms with Crippen molar-refractivity contribution in [1.82, 2.24) is 5.32 Å². The minimum atomic E-state index is -4.59. The van der Waals surface area contributed by atoms with Gasteiger partial charge in [0.2, 0.25) is 5.91 Å². The molecule has 0 heterocycles. The number of quaternary nitrogens is 1. The number of carbonyl (C=O) groups is 1. The van der Waals surface area contributed by atoms with Crippen LogP contribution in [-0.4, -0.2) is 68.5 Å². The molecule has 1 unspecified atom stereocenters. The SMILES string of the molecule is CCCCC/C=C/C/C=C/CCCCCCCC(=O)N[C@@H](COP(=O)([O-])OCC[N+](C)(C)C)[C@H](O)/C=C/CCCCCCCCCCCCCCC. The fourth-order valence-corrected chi connectivity index (χ4v) is 6.61. The average molecular weight is 755 g/mol. The lowest BCUT2D eigenvalue weighted by Crippen LogP contribution is -2.45. The van der Waals surface area contributed by atoms with E-state index in [1.807, 2.05) is 27.2 Å². The van der Waals surface area contributed by atoms with Crippen molar-refractivity contribution >= 4 is 13.7 Å². The van der Waals surface area contributed by atoms with Gasteiger partial charge in [0.25, 0.3) is 7.82 Å². The predicted molar refractivity (Wildman–Crippen MR) is 219 cm³/mol. The summed E-state index contributed by atoms with van der Waals surface area (Å²) in [5.74, 6) is -0.213. The number of nitrogens with one attached hydrogen (secondary N) is 1. The van der Waals surface area contributed by atoms with Crippen molar-refractivity contribution in [3.05, 3.63) is 36.5 Å². The number of carbonyl (C=O) groups excluding carboxylic acids is 1. The summed E-state index contributed by atoms with van der Waals surface area (Å²) in [5, 5.41) is 13.7. The maximum absolute atomic E-state index is 12.8. The molecule has 0 saturated carbocycles. The highest BCUT2D eigenvalue weighted by atomic mass is 31.2. The van der Waals surface area contributed by atoms with Crippen molar-refractivity contribution in [3.63, 3.8) is 0 Å². The van der Waals surface area contributed by atoms with Gasteiger partial charge in [0.05, 0.1) is 39.9 Å². The van der Waals surface area contributed by atoms with Crippen LogP contribution in [0.2, 0.25) is 0 Å². The second-order valence-corrected chi connectivity index (χ2v) is 17.1. The molecule has 1 amide bonds. The van der Waals surface area contributed by atoms with Gasteiger partial charge >= 0.3 is 0 Å². The number of unbranched alkanes of at least 4 members (excludes halogenated alkanes) is 21. The zero-order valence-corrected chi connectivity index (χ0v) is 35.4. The van der Waals surface area contributed by atoms with Crippen molar-refractivity contribution in [1.29, 1.82) is 0 Å². The Hall–Kier alpha value is -1.28. The zero-order chi connectivity index (χ0) is 38.6. The predicted octanol–water partition coefficient (Wildman–Crippen LogP) is 10.9. The first-order valence-electron chi connectivity index (χ1n) is 21.4. The van der Waals surface area contributed by atoms with Gasteiger partial charge in [-0.05, 0) is 51.4 Å². The van der Waals surface area contributed by atoms with Crippen LogP contribution in [0.25, 0.3) is 0 Å². The van der Waals surface area contributed by atoms with Crippen LogP contribution in [-0.2, 0) is 18.4 Å². The monoisotopic (exact) mass is 755 g/mol. The van der Waals surface area contributed by atoms with Crippen molar-refractivity contribution in [2.24, 2.45) is 0 Å². The lowest BCUT2D eigenvalue weighted by molar-refractivity contribution is -0.870. The number of hydrogen-bond acceptors (Lipinski definition) is 6. The Morgan fingerprint density at radius 3 is 1.63 bits per heavy atom. The van der Waals surface area contributed by atoms with Gasteiger partial charge in [-0.1, -0.05) is 159 Å². The van der Waals surface area contributed by atoms with Gasteiger partial charge in [-0.25, -0.2) is 0 Å². The zero-order valence-electron chi connectivity index (χ0n) is 34.5. The van der Waals surface area contributed by atoms with E-state index in [4.69, 9.17) is 9.05 Å². The van der Waals surface area contributed by atoms with Gasteiger partial charge in [-0.3, -0.25) is 9.36 Å². The summed E-state index contributed by atoms with van der Waals surface area (Å²) in [6.45, 7) is 4.59. The van der Waals surface area contributed by atoms with Crippen LogP contribution in [0.5, 0.6) is 0 Å². The number of allylic oxidation sites excluding steroid dienone is 5. The molecule has 0 aliphatic carbocycles. The number of aliphatic hydroxyl groups is 1. The van der Waals surface area contributed by atoms with Gasteiger partial charge in [-0.2, -0.15) is 0 Å². The summed E-state index contributed by atoms with van der Waals surface area (Å²) in [5.41, 5.74) is 0. The van der Waals surface area contributed by atoms with E-state index in [2.05, 4.69) is 43.5 Å². The molecule has 0 aliphatic rings. The summed E-state index contributed by atoms with van der Waals surface area (Å²) in [6.07, 6.45) is 41.8. The summed E-state index contributed by atoms with van der Waals surface area (Å²) in [7, 11) is 1.25. The molecule has 306 valence electrons. The molecule has 0 aromatic carbocycles. The summed E-state index contributed by atoms with van der Waals surface area (Å²) >= 11 is 0. The molecule has 0 aromatic rings. The van der Waals surface area contributed by atoms with Gasteiger partial charge in [-0.15, -0.1) is 0 Å². The molecule has 2 N–H and O–H groups in total.